The van der Waals surface area contributed by atoms with Gasteiger partial charge in [-0.05, 0) is 13.1 Å². The van der Waals surface area contributed by atoms with E-state index in [2.05, 4.69) is 8.85 Å². The molecule has 0 saturated heterocycles. The van der Waals surface area contributed by atoms with Gasteiger partial charge in [-0.15, -0.1) is 0 Å². The molecule has 21 heteroatoms. The topological polar surface area (TPSA) is 18.5 Å². The first kappa shape index (κ1) is 29.9. The van der Waals surface area contributed by atoms with Crippen LogP contribution in [-0.4, -0.2) is 56.8 Å². The summed E-state index contributed by atoms with van der Waals surface area (Å²) in [6.07, 6.45) is -45.9. The van der Waals surface area contributed by atoms with Crippen LogP contribution in [0.4, 0.5) is 79.0 Å². The molecule has 0 saturated carbocycles. The predicted molar refractivity (Wildman–Crippen MR) is 61.4 cm³/mol. The number of hydrogen-bond acceptors (Lipinski definition) is 2. The second kappa shape index (κ2) is 7.45. The zero-order valence-corrected chi connectivity index (χ0v) is 15.1. The van der Waals surface area contributed by atoms with Crippen LogP contribution in [0.2, 0.25) is 13.1 Å². The molecule has 31 heavy (non-hydrogen) atoms. The highest BCUT2D eigenvalue weighted by atomic mass is 28.4. The second-order valence-electron chi connectivity index (χ2n) is 5.95. The van der Waals surface area contributed by atoms with Crippen LogP contribution in [0.1, 0.15) is 0 Å². The summed E-state index contributed by atoms with van der Waals surface area (Å²) >= 11 is 0. The SMILES string of the molecule is C[Si](C)(OC(C(F)(F)F)(C(F)(F)F)C(F)(F)F)OC(C(F)(F)F)(C(F)(F)F)C(F)(F)F. The predicted octanol–water partition coefficient (Wildman–Crippen LogP) is 6.57. The quantitative estimate of drug-likeness (QED) is 0.304. The average molecular weight is 528 g/mol. The van der Waals surface area contributed by atoms with Gasteiger partial charge in [0.1, 0.15) is 0 Å². The first-order valence-electron chi connectivity index (χ1n) is 6.72. The molecule has 0 rings (SSSR count). The molecule has 0 radical (unpaired) electrons. The molecule has 0 aromatic rings. The summed E-state index contributed by atoms with van der Waals surface area (Å²) < 4.78 is 235. The van der Waals surface area contributed by atoms with Crippen LogP contribution < -0.4 is 0 Å². The standard InChI is InChI=1S/C10H6F18O2Si/c1-31(2,29-3(5(11,12)13,6(14,15)16)7(17,18)19)30-4(8(20,21)22,9(23,24)25)10(26,27)28/h1-2H3. The third-order valence-corrected chi connectivity index (χ3v) is 4.79. The molecule has 0 aliphatic carbocycles. The largest absolute Gasteiger partial charge is 0.434 e. The Hall–Kier alpha value is -1.12. The van der Waals surface area contributed by atoms with Crippen LogP contribution >= 0.6 is 0 Å². The minimum absolute atomic E-state index is 0.733. The lowest BCUT2D eigenvalue weighted by Gasteiger charge is -2.46. The van der Waals surface area contributed by atoms with E-state index in [4.69, 9.17) is 0 Å². The van der Waals surface area contributed by atoms with Gasteiger partial charge < -0.3 is 8.85 Å². The molecule has 0 bridgehead atoms. The van der Waals surface area contributed by atoms with Crippen molar-refractivity contribution in [3.05, 3.63) is 0 Å². The summed E-state index contributed by atoms with van der Waals surface area (Å²) in [4.78, 5) is 0. The van der Waals surface area contributed by atoms with Gasteiger partial charge in [-0.3, -0.25) is 0 Å². The second-order valence-corrected chi connectivity index (χ2v) is 9.16. The van der Waals surface area contributed by atoms with E-state index in [-0.39, 0.29) is 0 Å². The van der Waals surface area contributed by atoms with Crippen molar-refractivity contribution in [2.24, 2.45) is 0 Å². The summed E-state index contributed by atoms with van der Waals surface area (Å²) in [7, 11) is -6.95. The lowest BCUT2D eigenvalue weighted by atomic mass is 10.0. The number of alkyl halides is 18. The number of halogens is 18. The maximum Gasteiger partial charge on any atom is 0.434 e. The van der Waals surface area contributed by atoms with Crippen LogP contribution in [0, 0.1) is 0 Å². The van der Waals surface area contributed by atoms with E-state index in [1.165, 1.54) is 0 Å². The molecule has 188 valence electrons. The van der Waals surface area contributed by atoms with E-state index in [0.717, 1.165) is 0 Å². The lowest BCUT2D eigenvalue weighted by molar-refractivity contribution is -0.457. The highest BCUT2D eigenvalue weighted by Crippen LogP contribution is 2.59. The van der Waals surface area contributed by atoms with Gasteiger partial charge in [0.05, 0.1) is 0 Å². The Morgan fingerprint density at radius 2 is 0.484 bits per heavy atom. The van der Waals surface area contributed by atoms with Gasteiger partial charge in [-0.1, -0.05) is 0 Å². The van der Waals surface area contributed by atoms with Crippen LogP contribution in [0.15, 0.2) is 0 Å². The van der Waals surface area contributed by atoms with E-state index in [1.807, 2.05) is 0 Å². The summed E-state index contributed by atoms with van der Waals surface area (Å²) in [6, 6.07) is 0. The Morgan fingerprint density at radius 1 is 0.355 bits per heavy atom. The zero-order valence-electron chi connectivity index (χ0n) is 14.1. The molecule has 0 aromatic carbocycles. The summed E-state index contributed by atoms with van der Waals surface area (Å²) in [5.41, 5.74) is -14.9. The third kappa shape index (κ3) is 4.96. The van der Waals surface area contributed by atoms with E-state index < -0.39 is 69.9 Å². The Morgan fingerprint density at radius 3 is 0.581 bits per heavy atom. The van der Waals surface area contributed by atoms with Crippen molar-refractivity contribution < 1.29 is 87.9 Å². The maximum absolute atomic E-state index is 12.8. The molecule has 0 atom stereocenters. The molecular weight excluding hydrogens is 522 g/mol. The minimum Gasteiger partial charge on any atom is -0.365 e. The van der Waals surface area contributed by atoms with Crippen LogP contribution in [0.3, 0.4) is 0 Å². The van der Waals surface area contributed by atoms with E-state index in [9.17, 15) is 79.0 Å². The fourth-order valence-electron chi connectivity index (χ4n) is 2.07. The van der Waals surface area contributed by atoms with Gasteiger partial charge in [0.15, 0.2) is 0 Å². The van der Waals surface area contributed by atoms with Gasteiger partial charge >= 0.3 is 56.8 Å². The Bertz CT molecular complexity index is 503. The Balaban J connectivity index is 7.04. The first-order chi connectivity index (χ1) is 12.9. The van der Waals surface area contributed by atoms with Crippen molar-refractivity contribution in [3.8, 4) is 0 Å². The molecular formula is C10H6F18O2Si. The van der Waals surface area contributed by atoms with Gasteiger partial charge in [0.25, 0.3) is 0 Å². The van der Waals surface area contributed by atoms with E-state index in [0.29, 0.717) is 0 Å². The van der Waals surface area contributed by atoms with Crippen molar-refractivity contribution >= 4 is 8.56 Å². The molecule has 0 amide bonds. The Labute approximate surface area is 159 Å². The van der Waals surface area contributed by atoms with E-state index >= 15 is 0 Å². The average Bonchev–Trinajstić information content (AvgIpc) is 2.33. The van der Waals surface area contributed by atoms with Crippen LogP contribution in [-0.2, 0) is 8.85 Å². The van der Waals surface area contributed by atoms with Gasteiger partial charge in [0, 0.05) is 0 Å². The molecule has 0 unspecified atom stereocenters. The normalized spacial score (nSPS) is 16.6. The molecule has 0 fully saturated rings. The number of rotatable bonds is 4. The van der Waals surface area contributed by atoms with Crippen molar-refractivity contribution in [1.29, 1.82) is 0 Å². The zero-order chi connectivity index (χ0) is 25.9. The van der Waals surface area contributed by atoms with Crippen molar-refractivity contribution in [2.45, 2.75) is 61.4 Å². The van der Waals surface area contributed by atoms with Gasteiger partial charge in [0.2, 0.25) is 0 Å². The summed E-state index contributed by atoms with van der Waals surface area (Å²) in [5.74, 6) is 0. The summed E-state index contributed by atoms with van der Waals surface area (Å²) in [5, 5.41) is 0. The number of hydrogen-bond donors (Lipinski definition) is 0. The molecule has 0 aromatic heterocycles. The van der Waals surface area contributed by atoms with Crippen molar-refractivity contribution in [1.82, 2.24) is 0 Å². The van der Waals surface area contributed by atoms with Gasteiger partial charge in [-0.25, -0.2) is 0 Å². The third-order valence-electron chi connectivity index (χ3n) is 3.19. The highest BCUT2D eigenvalue weighted by molar-refractivity contribution is 6.64. The first-order valence-corrected chi connectivity index (χ1v) is 9.53. The maximum atomic E-state index is 12.8. The highest BCUT2D eigenvalue weighted by Gasteiger charge is 2.89. The lowest BCUT2D eigenvalue weighted by Crippen LogP contribution is -2.75. The van der Waals surface area contributed by atoms with Crippen molar-refractivity contribution in [2.75, 3.05) is 0 Å². The van der Waals surface area contributed by atoms with E-state index in [1.54, 1.807) is 0 Å². The fraction of sp³-hybridized carbons (Fsp3) is 1.00. The smallest absolute Gasteiger partial charge is 0.365 e. The van der Waals surface area contributed by atoms with Crippen LogP contribution in [0.25, 0.3) is 0 Å². The fourth-order valence-corrected chi connectivity index (χ4v) is 4.28. The molecule has 2 nitrogen and oxygen atoms in total. The van der Waals surface area contributed by atoms with Crippen molar-refractivity contribution in [3.63, 3.8) is 0 Å². The molecule has 0 spiro atoms. The summed E-state index contributed by atoms with van der Waals surface area (Å²) in [6.45, 7) is -1.47. The molecule has 0 aliphatic rings. The molecule has 0 aliphatic heterocycles. The molecule has 0 heterocycles. The Kier molecular flexibility index (Phi) is 7.18. The minimum atomic E-state index is -7.66. The molecule has 0 N–H and O–H groups in total. The monoisotopic (exact) mass is 528 g/mol. The van der Waals surface area contributed by atoms with Gasteiger partial charge in [-0.2, -0.15) is 79.0 Å². The van der Waals surface area contributed by atoms with Crippen LogP contribution in [0.5, 0.6) is 0 Å².